The highest BCUT2D eigenvalue weighted by Crippen LogP contribution is 2.16. The van der Waals surface area contributed by atoms with Crippen LogP contribution in [0.4, 0.5) is 0 Å². The summed E-state index contributed by atoms with van der Waals surface area (Å²) in [7, 11) is 3.94. The van der Waals surface area contributed by atoms with Crippen LogP contribution in [0.3, 0.4) is 0 Å². The lowest BCUT2D eigenvalue weighted by molar-refractivity contribution is -0.133. The van der Waals surface area contributed by atoms with Gasteiger partial charge in [-0.05, 0) is 18.8 Å². The van der Waals surface area contributed by atoms with Gasteiger partial charge in [-0.2, -0.15) is 0 Å². The van der Waals surface area contributed by atoms with Gasteiger partial charge >= 0.3 is 0 Å². The van der Waals surface area contributed by atoms with Gasteiger partial charge in [0.05, 0.1) is 0 Å². The highest BCUT2D eigenvalue weighted by Gasteiger charge is 2.23. The Bertz CT molecular complexity index is 316. The summed E-state index contributed by atoms with van der Waals surface area (Å²) in [5.41, 5.74) is 0. The normalized spacial score (nSPS) is 25.9. The van der Waals surface area contributed by atoms with Crippen LogP contribution in [-0.2, 0) is 4.79 Å². The van der Waals surface area contributed by atoms with E-state index in [0.29, 0.717) is 12.3 Å². The molecule has 17 heavy (non-hydrogen) atoms. The Balaban J connectivity index is 1.78. The van der Waals surface area contributed by atoms with Crippen LogP contribution in [0.15, 0.2) is 4.99 Å². The van der Waals surface area contributed by atoms with Crippen molar-refractivity contribution in [3.8, 4) is 0 Å². The molecule has 1 fully saturated rings. The fourth-order valence-electron chi connectivity index (χ4n) is 2.33. The minimum atomic E-state index is 0.266. The molecular weight excluding hydrogens is 216 g/mol. The molecule has 2 aliphatic rings. The van der Waals surface area contributed by atoms with E-state index in [-0.39, 0.29) is 5.91 Å². The van der Waals surface area contributed by atoms with Crippen LogP contribution < -0.4 is 5.32 Å². The van der Waals surface area contributed by atoms with Gasteiger partial charge in [0.15, 0.2) is 5.96 Å². The number of guanidine groups is 1. The molecule has 0 aromatic carbocycles. The van der Waals surface area contributed by atoms with Crippen LogP contribution >= 0.6 is 0 Å². The van der Waals surface area contributed by atoms with Crippen molar-refractivity contribution in [1.82, 2.24) is 15.1 Å². The molecule has 1 saturated heterocycles. The molecule has 5 nitrogen and oxygen atoms in total. The summed E-state index contributed by atoms with van der Waals surface area (Å²) in [5.74, 6) is 1.71. The van der Waals surface area contributed by atoms with E-state index in [1.165, 1.54) is 0 Å². The second kappa shape index (κ2) is 5.38. The van der Waals surface area contributed by atoms with E-state index in [1.807, 2.05) is 11.9 Å². The molecule has 96 valence electrons. The van der Waals surface area contributed by atoms with Crippen LogP contribution in [0.1, 0.15) is 19.3 Å². The predicted octanol–water partition coefficient (Wildman–Crippen LogP) is 0.136. The lowest BCUT2D eigenvalue weighted by Crippen LogP contribution is -2.46. The molecule has 0 aromatic rings. The second-order valence-electron chi connectivity index (χ2n) is 5.04. The third-order valence-electron chi connectivity index (χ3n) is 3.59. The number of hydrogen-bond donors (Lipinski definition) is 1. The number of carbonyl (C=O) groups excluding carboxylic acids is 1. The zero-order valence-corrected chi connectivity index (χ0v) is 10.8. The van der Waals surface area contributed by atoms with Crippen molar-refractivity contribution in [3.05, 3.63) is 0 Å². The molecule has 2 rings (SSSR count). The summed E-state index contributed by atoms with van der Waals surface area (Å²) in [6.07, 6.45) is 2.89. The summed E-state index contributed by atoms with van der Waals surface area (Å²) in [5, 5.41) is 3.38. The van der Waals surface area contributed by atoms with Crippen molar-refractivity contribution in [2.45, 2.75) is 19.3 Å². The van der Waals surface area contributed by atoms with Gasteiger partial charge in [0, 0.05) is 46.7 Å². The molecule has 0 spiro atoms. The minimum Gasteiger partial charge on any atom is -0.356 e. The van der Waals surface area contributed by atoms with Crippen LogP contribution in [0.25, 0.3) is 0 Å². The Morgan fingerprint density at radius 1 is 1.35 bits per heavy atom. The Labute approximate surface area is 103 Å². The van der Waals surface area contributed by atoms with E-state index < -0.39 is 0 Å². The zero-order valence-electron chi connectivity index (χ0n) is 10.8. The highest BCUT2D eigenvalue weighted by atomic mass is 16.2. The lowest BCUT2D eigenvalue weighted by atomic mass is 9.96. The van der Waals surface area contributed by atoms with E-state index in [1.54, 1.807) is 0 Å². The fraction of sp³-hybridized carbons (Fsp3) is 0.833. The summed E-state index contributed by atoms with van der Waals surface area (Å²) in [6, 6.07) is 0. The molecule has 1 amide bonds. The SMILES string of the molecule is CN1CCC(CNC2=NCCCN2C)CC1=O. The molecule has 0 aliphatic carbocycles. The number of aliphatic imine (C=N–C) groups is 1. The van der Waals surface area contributed by atoms with Gasteiger partial charge in [-0.3, -0.25) is 9.79 Å². The van der Waals surface area contributed by atoms with Crippen molar-refractivity contribution in [3.63, 3.8) is 0 Å². The maximum atomic E-state index is 11.6. The van der Waals surface area contributed by atoms with Gasteiger partial charge in [0.1, 0.15) is 0 Å². The van der Waals surface area contributed by atoms with Crippen molar-refractivity contribution < 1.29 is 4.79 Å². The molecule has 0 radical (unpaired) electrons. The molecule has 0 bridgehead atoms. The molecule has 0 aromatic heterocycles. The largest absolute Gasteiger partial charge is 0.356 e. The Kier molecular flexibility index (Phi) is 3.86. The van der Waals surface area contributed by atoms with E-state index in [4.69, 9.17) is 0 Å². The first-order valence-corrected chi connectivity index (χ1v) is 6.40. The predicted molar refractivity (Wildman–Crippen MR) is 67.9 cm³/mol. The fourth-order valence-corrected chi connectivity index (χ4v) is 2.33. The topological polar surface area (TPSA) is 47.9 Å². The second-order valence-corrected chi connectivity index (χ2v) is 5.04. The standard InChI is InChI=1S/C12H22N4O/c1-15-7-4-10(8-11(15)17)9-14-12-13-5-3-6-16(12)2/h10H,3-9H2,1-2H3,(H,13,14). The van der Waals surface area contributed by atoms with Gasteiger partial charge < -0.3 is 15.1 Å². The molecule has 1 atom stereocenters. The quantitative estimate of drug-likeness (QED) is 0.744. The number of nitrogens with one attached hydrogen (secondary N) is 1. The van der Waals surface area contributed by atoms with Crippen molar-refractivity contribution >= 4 is 11.9 Å². The maximum absolute atomic E-state index is 11.6. The number of likely N-dealkylation sites (tertiary alicyclic amines) is 1. The van der Waals surface area contributed by atoms with Crippen molar-refractivity contribution in [2.75, 3.05) is 40.3 Å². The van der Waals surface area contributed by atoms with Gasteiger partial charge in [-0.15, -0.1) is 0 Å². The number of hydrogen-bond acceptors (Lipinski definition) is 4. The average Bonchev–Trinajstić information content (AvgIpc) is 2.32. The monoisotopic (exact) mass is 238 g/mol. The molecule has 5 heteroatoms. The first-order chi connectivity index (χ1) is 8.16. The molecule has 1 unspecified atom stereocenters. The third kappa shape index (κ3) is 3.11. The number of piperidine rings is 1. The van der Waals surface area contributed by atoms with Gasteiger partial charge in [0.25, 0.3) is 0 Å². The number of nitrogens with zero attached hydrogens (tertiary/aromatic N) is 3. The van der Waals surface area contributed by atoms with Crippen molar-refractivity contribution in [1.29, 1.82) is 0 Å². The van der Waals surface area contributed by atoms with E-state index in [2.05, 4.69) is 22.3 Å². The first-order valence-electron chi connectivity index (χ1n) is 6.40. The molecule has 0 saturated carbocycles. The third-order valence-corrected chi connectivity index (χ3v) is 3.59. The summed E-state index contributed by atoms with van der Waals surface area (Å²) >= 11 is 0. The average molecular weight is 238 g/mol. The molecule has 2 aliphatic heterocycles. The van der Waals surface area contributed by atoms with Gasteiger partial charge in [-0.25, -0.2) is 0 Å². The number of rotatable bonds is 2. The Morgan fingerprint density at radius 3 is 2.88 bits per heavy atom. The highest BCUT2D eigenvalue weighted by molar-refractivity contribution is 5.80. The van der Waals surface area contributed by atoms with Gasteiger partial charge in [-0.1, -0.05) is 0 Å². The molecular formula is C12H22N4O. The van der Waals surface area contributed by atoms with Crippen LogP contribution in [-0.4, -0.2) is 61.9 Å². The number of carbonyl (C=O) groups is 1. The van der Waals surface area contributed by atoms with E-state index >= 15 is 0 Å². The Morgan fingerprint density at radius 2 is 2.18 bits per heavy atom. The minimum absolute atomic E-state index is 0.266. The molecule has 1 N–H and O–H groups in total. The van der Waals surface area contributed by atoms with E-state index in [9.17, 15) is 4.79 Å². The van der Waals surface area contributed by atoms with Crippen LogP contribution in [0, 0.1) is 5.92 Å². The number of amides is 1. The van der Waals surface area contributed by atoms with E-state index in [0.717, 1.165) is 45.0 Å². The van der Waals surface area contributed by atoms with Crippen molar-refractivity contribution in [2.24, 2.45) is 10.9 Å². The van der Waals surface area contributed by atoms with Crippen LogP contribution in [0.5, 0.6) is 0 Å². The lowest BCUT2D eigenvalue weighted by Gasteiger charge is -2.31. The smallest absolute Gasteiger partial charge is 0.222 e. The summed E-state index contributed by atoms with van der Waals surface area (Å²) in [4.78, 5) is 20.0. The van der Waals surface area contributed by atoms with Crippen LogP contribution in [0.2, 0.25) is 0 Å². The first kappa shape index (κ1) is 12.2. The summed E-state index contributed by atoms with van der Waals surface area (Å²) < 4.78 is 0. The Hall–Kier alpha value is -1.26. The summed E-state index contributed by atoms with van der Waals surface area (Å²) in [6.45, 7) is 3.73. The molecule has 2 heterocycles. The maximum Gasteiger partial charge on any atom is 0.222 e. The van der Waals surface area contributed by atoms with Gasteiger partial charge in [0.2, 0.25) is 5.91 Å². The zero-order chi connectivity index (χ0) is 12.3.